The first kappa shape index (κ1) is 31.2. The topological polar surface area (TPSA) is 112 Å². The lowest BCUT2D eigenvalue weighted by atomic mass is 9.81. The summed E-state index contributed by atoms with van der Waals surface area (Å²) in [6.07, 6.45) is 7.08. The number of likely N-dealkylation sites (tertiary alicyclic amines) is 1. The Kier molecular flexibility index (Phi) is 9.28. The van der Waals surface area contributed by atoms with Crippen LogP contribution in [0.15, 0.2) is 36.5 Å². The molecular formula is C34H51N5O4. The molecule has 43 heavy (non-hydrogen) atoms. The number of nitrogens with one attached hydrogen (secondary N) is 4. The number of alkyl carbamates (subject to hydrolysis) is 1. The highest BCUT2D eigenvalue weighted by Crippen LogP contribution is 2.51. The highest BCUT2D eigenvalue weighted by Gasteiger charge is 2.56. The smallest absolute Gasteiger partial charge is 0.406 e. The second-order valence-electron chi connectivity index (χ2n) is 14.5. The van der Waals surface area contributed by atoms with Crippen molar-refractivity contribution < 1.29 is 19.1 Å². The summed E-state index contributed by atoms with van der Waals surface area (Å²) >= 11 is 0. The number of urea groups is 1. The van der Waals surface area contributed by atoms with Crippen molar-refractivity contribution in [3.63, 3.8) is 0 Å². The molecule has 9 heteroatoms. The molecule has 1 heterocycles. The molecule has 6 atom stereocenters. The van der Waals surface area contributed by atoms with Crippen molar-refractivity contribution in [1.29, 1.82) is 0 Å². The fraction of sp³-hybridized carbons (Fsp3) is 0.676. The molecule has 2 saturated carbocycles. The van der Waals surface area contributed by atoms with Crippen molar-refractivity contribution in [2.75, 3.05) is 20.2 Å². The largest absolute Gasteiger partial charge is 0.447 e. The van der Waals surface area contributed by atoms with Gasteiger partial charge in [0.25, 0.3) is 0 Å². The molecule has 3 aliphatic carbocycles. The Morgan fingerprint density at radius 3 is 2.33 bits per heavy atom. The number of carbonyl (C=O) groups excluding carboxylic acids is 3. The SMILES string of the molecule is C=C(C(NC(=O)NC(COC(=O)NC)C(C)(C)C)C1Cc2ccccc2C1)N1C[C@@H]2C[C@@H]2C1C(=O)NC(C)CC1CCC1. The first-order chi connectivity index (χ1) is 20.4. The maximum absolute atomic E-state index is 13.7. The average Bonchev–Trinajstić information content (AvgIpc) is 3.38. The number of carbonyl (C=O) groups is 3. The van der Waals surface area contributed by atoms with E-state index in [1.165, 1.54) is 37.4 Å². The molecule has 3 fully saturated rings. The zero-order chi connectivity index (χ0) is 30.9. The van der Waals surface area contributed by atoms with Gasteiger partial charge in [-0.25, -0.2) is 9.59 Å². The van der Waals surface area contributed by atoms with Crippen molar-refractivity contribution in [1.82, 2.24) is 26.2 Å². The Morgan fingerprint density at radius 2 is 1.74 bits per heavy atom. The van der Waals surface area contributed by atoms with E-state index in [9.17, 15) is 14.4 Å². The van der Waals surface area contributed by atoms with E-state index in [0.717, 1.165) is 43.8 Å². The van der Waals surface area contributed by atoms with Gasteiger partial charge in [-0.2, -0.15) is 0 Å². The number of fused-ring (bicyclic) bond motifs is 2. The summed E-state index contributed by atoms with van der Waals surface area (Å²) in [5.41, 5.74) is 3.04. The van der Waals surface area contributed by atoms with Gasteiger partial charge in [0.2, 0.25) is 5.91 Å². The highest BCUT2D eigenvalue weighted by atomic mass is 16.5. The molecule has 4 aliphatic rings. The Labute approximate surface area is 256 Å². The summed E-state index contributed by atoms with van der Waals surface area (Å²) < 4.78 is 5.32. The number of ether oxygens (including phenoxy) is 1. The first-order valence-corrected chi connectivity index (χ1v) is 16.2. The first-order valence-electron chi connectivity index (χ1n) is 16.2. The molecule has 1 aliphatic heterocycles. The maximum Gasteiger partial charge on any atom is 0.406 e. The molecule has 5 rings (SSSR count). The number of nitrogens with zero attached hydrogens (tertiary/aromatic N) is 1. The van der Waals surface area contributed by atoms with Crippen LogP contribution >= 0.6 is 0 Å². The number of hydrogen-bond donors (Lipinski definition) is 4. The van der Waals surface area contributed by atoms with Crippen LogP contribution in [0.25, 0.3) is 0 Å². The van der Waals surface area contributed by atoms with Crippen LogP contribution in [0.1, 0.15) is 70.9 Å². The van der Waals surface area contributed by atoms with Gasteiger partial charge in [0.05, 0.1) is 12.1 Å². The minimum atomic E-state index is -0.537. The number of amides is 4. The van der Waals surface area contributed by atoms with Crippen LogP contribution in [0, 0.1) is 29.1 Å². The predicted molar refractivity (Wildman–Crippen MR) is 167 cm³/mol. The van der Waals surface area contributed by atoms with E-state index < -0.39 is 12.1 Å². The Morgan fingerprint density at radius 1 is 1.07 bits per heavy atom. The van der Waals surface area contributed by atoms with E-state index in [1.54, 1.807) is 0 Å². The summed E-state index contributed by atoms with van der Waals surface area (Å²) in [6.45, 7) is 13.5. The molecule has 1 saturated heterocycles. The number of piperidine rings is 1. The van der Waals surface area contributed by atoms with E-state index in [0.29, 0.717) is 11.8 Å². The highest BCUT2D eigenvalue weighted by molar-refractivity contribution is 5.84. The summed E-state index contributed by atoms with van der Waals surface area (Å²) in [7, 11) is 1.51. The van der Waals surface area contributed by atoms with E-state index in [1.807, 2.05) is 20.8 Å². The molecule has 1 aromatic rings. The van der Waals surface area contributed by atoms with Gasteiger partial charge in [0.1, 0.15) is 12.6 Å². The Bertz CT molecular complexity index is 1180. The predicted octanol–water partition coefficient (Wildman–Crippen LogP) is 4.37. The van der Waals surface area contributed by atoms with Gasteiger partial charge in [-0.05, 0) is 72.8 Å². The zero-order valence-corrected chi connectivity index (χ0v) is 26.6. The van der Waals surface area contributed by atoms with Crippen LogP contribution in [0.2, 0.25) is 0 Å². The second kappa shape index (κ2) is 12.8. The van der Waals surface area contributed by atoms with E-state index >= 15 is 0 Å². The molecule has 0 aromatic heterocycles. The summed E-state index contributed by atoms with van der Waals surface area (Å²) in [4.78, 5) is 41.3. The van der Waals surface area contributed by atoms with E-state index in [4.69, 9.17) is 4.74 Å². The molecule has 0 radical (unpaired) electrons. The lowest BCUT2D eigenvalue weighted by molar-refractivity contribution is -0.126. The van der Waals surface area contributed by atoms with Gasteiger partial charge in [0, 0.05) is 25.3 Å². The standard InChI is InChI=1S/C34H51N5O4/c1-20(14-22-10-9-11-22)36-31(40)30-27-17-26(27)18-39(30)21(2)29(25-15-23-12-7-8-13-24(23)16-25)38-32(41)37-28(34(3,4)5)19-43-33(42)35-6/h7-8,12-13,20,22,25-30H,2,9-11,14-19H2,1,3-6H3,(H,35,42)(H,36,40)(H2,37,38,41)/t20?,26-,27-,28?,29?,30?/m0/s1. The molecule has 4 amide bonds. The zero-order valence-electron chi connectivity index (χ0n) is 26.6. The molecule has 4 N–H and O–H groups in total. The van der Waals surface area contributed by atoms with E-state index in [2.05, 4.69) is 63.9 Å². The number of benzene rings is 1. The molecule has 0 bridgehead atoms. The van der Waals surface area contributed by atoms with Gasteiger partial charge >= 0.3 is 12.1 Å². The molecule has 236 valence electrons. The molecular weight excluding hydrogens is 542 g/mol. The normalized spacial score (nSPS) is 25.0. The Balaban J connectivity index is 1.31. The third-order valence-corrected chi connectivity index (χ3v) is 10.2. The van der Waals surface area contributed by atoms with Crippen LogP contribution < -0.4 is 21.3 Å². The summed E-state index contributed by atoms with van der Waals surface area (Å²) in [5.74, 6) is 1.78. The fourth-order valence-electron chi connectivity index (χ4n) is 7.27. The van der Waals surface area contributed by atoms with Gasteiger partial charge in [-0.15, -0.1) is 0 Å². The van der Waals surface area contributed by atoms with Gasteiger partial charge < -0.3 is 30.9 Å². The number of rotatable bonds is 11. The van der Waals surface area contributed by atoms with Crippen molar-refractivity contribution in [2.45, 2.75) is 96.8 Å². The van der Waals surface area contributed by atoms with E-state index in [-0.39, 0.29) is 48.0 Å². The van der Waals surface area contributed by atoms with Crippen LogP contribution in [-0.4, -0.2) is 67.3 Å². The summed E-state index contributed by atoms with van der Waals surface area (Å²) in [5, 5.41) is 12.1. The van der Waals surface area contributed by atoms with Gasteiger partial charge in [0.15, 0.2) is 0 Å². The second-order valence-corrected chi connectivity index (χ2v) is 14.5. The third-order valence-electron chi connectivity index (χ3n) is 10.2. The van der Waals surface area contributed by atoms with Gasteiger partial charge in [-0.3, -0.25) is 4.79 Å². The van der Waals surface area contributed by atoms with Crippen molar-refractivity contribution in [2.24, 2.45) is 29.1 Å². The monoisotopic (exact) mass is 593 g/mol. The lowest BCUT2D eigenvalue weighted by Crippen LogP contribution is -2.57. The van der Waals surface area contributed by atoms with Gasteiger partial charge in [-0.1, -0.05) is 70.9 Å². The lowest BCUT2D eigenvalue weighted by Gasteiger charge is -2.38. The van der Waals surface area contributed by atoms with Crippen LogP contribution in [0.3, 0.4) is 0 Å². The van der Waals surface area contributed by atoms with Crippen molar-refractivity contribution >= 4 is 18.0 Å². The third kappa shape index (κ3) is 7.29. The van der Waals surface area contributed by atoms with Crippen LogP contribution in [-0.2, 0) is 22.4 Å². The molecule has 1 aromatic carbocycles. The minimum Gasteiger partial charge on any atom is -0.447 e. The van der Waals surface area contributed by atoms with Crippen molar-refractivity contribution in [3.05, 3.63) is 47.7 Å². The molecule has 0 spiro atoms. The Hall–Kier alpha value is -3.23. The van der Waals surface area contributed by atoms with Crippen LogP contribution in [0.5, 0.6) is 0 Å². The van der Waals surface area contributed by atoms with Crippen molar-refractivity contribution in [3.8, 4) is 0 Å². The average molecular weight is 594 g/mol. The van der Waals surface area contributed by atoms with Crippen LogP contribution in [0.4, 0.5) is 9.59 Å². The molecule has 9 nitrogen and oxygen atoms in total. The quantitative estimate of drug-likeness (QED) is 0.305. The summed E-state index contributed by atoms with van der Waals surface area (Å²) in [6, 6.07) is 7.25. The minimum absolute atomic E-state index is 0.0495. The number of hydrogen-bond acceptors (Lipinski definition) is 5. The fourth-order valence-corrected chi connectivity index (χ4v) is 7.27. The maximum atomic E-state index is 13.7. The molecule has 4 unspecified atom stereocenters.